The van der Waals surface area contributed by atoms with Crippen molar-refractivity contribution in [1.29, 1.82) is 0 Å². The number of aryl methyl sites for hydroxylation is 2. The zero-order chi connectivity index (χ0) is 16.4. The Morgan fingerprint density at radius 1 is 1.17 bits per heavy atom. The number of fused-ring (bicyclic) bond motifs is 1. The molecule has 23 heavy (non-hydrogen) atoms. The van der Waals surface area contributed by atoms with E-state index in [1.54, 1.807) is 6.92 Å². The summed E-state index contributed by atoms with van der Waals surface area (Å²) in [6, 6.07) is 12.1. The second kappa shape index (κ2) is 6.00. The van der Waals surface area contributed by atoms with Gasteiger partial charge in [-0.1, -0.05) is 6.07 Å². The molecule has 3 aromatic rings. The van der Waals surface area contributed by atoms with Crippen LogP contribution in [0.15, 0.2) is 47.3 Å². The van der Waals surface area contributed by atoms with E-state index in [1.165, 1.54) is 16.8 Å². The number of anilines is 1. The fourth-order valence-electron chi connectivity index (χ4n) is 2.35. The van der Waals surface area contributed by atoms with Gasteiger partial charge in [0.1, 0.15) is 5.69 Å². The van der Waals surface area contributed by atoms with Crippen LogP contribution in [0.5, 0.6) is 0 Å². The van der Waals surface area contributed by atoms with Gasteiger partial charge >= 0.3 is 0 Å². The van der Waals surface area contributed by atoms with E-state index in [4.69, 9.17) is 0 Å². The highest BCUT2D eigenvalue weighted by molar-refractivity contribution is 6.07. The van der Waals surface area contributed by atoms with Gasteiger partial charge < -0.3 is 5.32 Å². The summed E-state index contributed by atoms with van der Waals surface area (Å²) in [5, 5.41) is 7.75. The first-order chi connectivity index (χ1) is 11.1. The number of carbonyl (C=O) groups excluding carboxylic acids is 1. The van der Waals surface area contributed by atoms with Crippen molar-refractivity contribution < 1.29 is 4.79 Å². The molecule has 1 amide bonds. The maximum Gasteiger partial charge on any atom is 0.276 e. The SMILES string of the molecule is CCn1nc(C(=O)Nc2cccc3nc(C)ccc23)ccc1=O. The fraction of sp³-hybridized carbons (Fsp3) is 0.176. The van der Waals surface area contributed by atoms with Gasteiger partial charge in [0, 0.05) is 23.7 Å². The molecule has 0 radical (unpaired) electrons. The smallest absolute Gasteiger partial charge is 0.276 e. The standard InChI is InChI=1S/C17H16N4O2/c1-3-21-16(22)10-9-15(20-21)17(23)19-14-6-4-5-13-12(14)8-7-11(2)18-13/h4-10H,3H2,1-2H3,(H,19,23). The molecule has 2 aromatic heterocycles. The van der Waals surface area contributed by atoms with Gasteiger partial charge in [0.2, 0.25) is 0 Å². The van der Waals surface area contributed by atoms with Crippen LogP contribution < -0.4 is 10.9 Å². The Morgan fingerprint density at radius 2 is 2.00 bits per heavy atom. The molecule has 0 aliphatic rings. The van der Waals surface area contributed by atoms with Crippen LogP contribution in [-0.4, -0.2) is 20.7 Å². The van der Waals surface area contributed by atoms with E-state index in [0.29, 0.717) is 12.2 Å². The first-order valence-corrected chi connectivity index (χ1v) is 7.34. The molecule has 0 spiro atoms. The minimum absolute atomic E-state index is 0.198. The first kappa shape index (κ1) is 14.9. The number of nitrogens with one attached hydrogen (secondary N) is 1. The van der Waals surface area contributed by atoms with Gasteiger partial charge in [0.05, 0.1) is 11.2 Å². The summed E-state index contributed by atoms with van der Waals surface area (Å²) in [7, 11) is 0. The molecule has 3 rings (SSSR count). The average molecular weight is 308 g/mol. The Bertz CT molecular complexity index is 947. The Balaban J connectivity index is 1.96. The molecule has 116 valence electrons. The van der Waals surface area contributed by atoms with E-state index in [1.807, 2.05) is 37.3 Å². The van der Waals surface area contributed by atoms with Crippen LogP contribution in [0.3, 0.4) is 0 Å². The van der Waals surface area contributed by atoms with E-state index in [9.17, 15) is 9.59 Å². The third kappa shape index (κ3) is 2.96. The number of hydrogen-bond acceptors (Lipinski definition) is 4. The third-order valence-corrected chi connectivity index (χ3v) is 3.52. The lowest BCUT2D eigenvalue weighted by atomic mass is 10.1. The van der Waals surface area contributed by atoms with Crippen molar-refractivity contribution in [2.75, 3.05) is 5.32 Å². The van der Waals surface area contributed by atoms with E-state index < -0.39 is 0 Å². The highest BCUT2D eigenvalue weighted by Gasteiger charge is 2.11. The minimum atomic E-state index is -0.361. The first-order valence-electron chi connectivity index (χ1n) is 7.34. The van der Waals surface area contributed by atoms with Gasteiger partial charge in [-0.05, 0) is 44.2 Å². The van der Waals surface area contributed by atoms with Gasteiger partial charge in [0.15, 0.2) is 0 Å². The summed E-state index contributed by atoms with van der Waals surface area (Å²) in [4.78, 5) is 28.4. The molecule has 1 N–H and O–H groups in total. The van der Waals surface area contributed by atoms with Crippen molar-refractivity contribution >= 4 is 22.5 Å². The molecule has 0 saturated carbocycles. The molecule has 1 aromatic carbocycles. The van der Waals surface area contributed by atoms with Crippen LogP contribution in [-0.2, 0) is 6.54 Å². The number of nitrogens with zero attached hydrogens (tertiary/aromatic N) is 3. The van der Waals surface area contributed by atoms with Crippen molar-refractivity contribution in [2.45, 2.75) is 20.4 Å². The average Bonchev–Trinajstić information content (AvgIpc) is 2.55. The normalized spacial score (nSPS) is 10.7. The summed E-state index contributed by atoms with van der Waals surface area (Å²) < 4.78 is 1.25. The second-order valence-electron chi connectivity index (χ2n) is 5.15. The van der Waals surface area contributed by atoms with Crippen molar-refractivity contribution in [1.82, 2.24) is 14.8 Å². The summed E-state index contributed by atoms with van der Waals surface area (Å²) in [6.07, 6.45) is 0. The van der Waals surface area contributed by atoms with Crippen molar-refractivity contribution in [3.8, 4) is 0 Å². The van der Waals surface area contributed by atoms with Crippen molar-refractivity contribution in [3.05, 3.63) is 64.2 Å². The summed E-state index contributed by atoms with van der Waals surface area (Å²) in [5.41, 5.74) is 2.36. The zero-order valence-corrected chi connectivity index (χ0v) is 12.9. The van der Waals surface area contributed by atoms with Crippen LogP contribution in [0.1, 0.15) is 23.1 Å². The van der Waals surface area contributed by atoms with Crippen molar-refractivity contribution in [3.63, 3.8) is 0 Å². The van der Waals surface area contributed by atoms with Crippen LogP contribution >= 0.6 is 0 Å². The fourth-order valence-corrected chi connectivity index (χ4v) is 2.35. The molecular weight excluding hydrogens is 292 g/mol. The lowest BCUT2D eigenvalue weighted by molar-refractivity contribution is 0.102. The van der Waals surface area contributed by atoms with Gasteiger partial charge in [-0.3, -0.25) is 14.6 Å². The summed E-state index contributed by atoms with van der Waals surface area (Å²) in [5.74, 6) is -0.361. The number of rotatable bonds is 3. The molecule has 0 aliphatic heterocycles. The molecule has 0 saturated heterocycles. The molecule has 0 unspecified atom stereocenters. The van der Waals surface area contributed by atoms with E-state index in [2.05, 4.69) is 15.4 Å². The highest BCUT2D eigenvalue weighted by Crippen LogP contribution is 2.22. The topological polar surface area (TPSA) is 76.9 Å². The molecule has 0 aliphatic carbocycles. The lowest BCUT2D eigenvalue weighted by Crippen LogP contribution is -2.25. The van der Waals surface area contributed by atoms with E-state index in [-0.39, 0.29) is 17.2 Å². The summed E-state index contributed by atoms with van der Waals surface area (Å²) >= 11 is 0. The van der Waals surface area contributed by atoms with E-state index >= 15 is 0 Å². The number of pyridine rings is 1. The highest BCUT2D eigenvalue weighted by atomic mass is 16.2. The van der Waals surface area contributed by atoms with Crippen LogP contribution in [0.4, 0.5) is 5.69 Å². The third-order valence-electron chi connectivity index (χ3n) is 3.52. The number of carbonyl (C=O) groups is 1. The van der Waals surface area contributed by atoms with Crippen LogP contribution in [0, 0.1) is 6.92 Å². The minimum Gasteiger partial charge on any atom is -0.320 e. The molecule has 0 fully saturated rings. The Hall–Kier alpha value is -3.02. The van der Waals surface area contributed by atoms with Gasteiger partial charge in [-0.15, -0.1) is 0 Å². The van der Waals surface area contributed by atoms with Crippen molar-refractivity contribution in [2.24, 2.45) is 0 Å². The molecule has 2 heterocycles. The van der Waals surface area contributed by atoms with Crippen LogP contribution in [0.2, 0.25) is 0 Å². The molecular formula is C17H16N4O2. The van der Waals surface area contributed by atoms with E-state index in [0.717, 1.165) is 16.6 Å². The monoisotopic (exact) mass is 308 g/mol. The Kier molecular flexibility index (Phi) is 3.89. The molecule has 0 atom stereocenters. The number of aromatic nitrogens is 3. The van der Waals surface area contributed by atoms with Crippen LogP contribution in [0.25, 0.3) is 10.9 Å². The lowest BCUT2D eigenvalue weighted by Gasteiger charge is -2.09. The van der Waals surface area contributed by atoms with Gasteiger partial charge in [-0.25, -0.2) is 4.68 Å². The summed E-state index contributed by atoms with van der Waals surface area (Å²) in [6.45, 7) is 4.13. The maximum atomic E-state index is 12.4. The predicted octanol–water partition coefficient (Wildman–Crippen LogP) is 2.37. The number of benzene rings is 1. The maximum absolute atomic E-state index is 12.4. The van der Waals surface area contributed by atoms with Gasteiger partial charge in [0.25, 0.3) is 11.5 Å². The largest absolute Gasteiger partial charge is 0.320 e. The number of amides is 1. The molecule has 0 bridgehead atoms. The Labute approximate surface area is 132 Å². The molecule has 6 nitrogen and oxygen atoms in total. The predicted molar refractivity (Wildman–Crippen MR) is 88.6 cm³/mol. The molecule has 6 heteroatoms. The Morgan fingerprint density at radius 3 is 2.78 bits per heavy atom. The number of hydrogen-bond donors (Lipinski definition) is 1. The second-order valence-corrected chi connectivity index (χ2v) is 5.15. The quantitative estimate of drug-likeness (QED) is 0.806. The van der Waals surface area contributed by atoms with Gasteiger partial charge in [-0.2, -0.15) is 5.10 Å². The zero-order valence-electron chi connectivity index (χ0n) is 12.9.